The first-order valence-electron chi connectivity index (χ1n) is 6.66. The molecule has 21 heavy (non-hydrogen) atoms. The van der Waals surface area contributed by atoms with E-state index in [0.29, 0.717) is 12.4 Å². The first-order valence-corrected chi connectivity index (χ1v) is 6.66. The SMILES string of the molecule is Cc1nc(CN(C)C(=O)Cc2cn3ccccc3n2)n[nH]1. The maximum Gasteiger partial charge on any atom is 0.228 e. The lowest BCUT2D eigenvalue weighted by Crippen LogP contribution is -2.28. The number of aromatic nitrogens is 5. The van der Waals surface area contributed by atoms with E-state index in [4.69, 9.17) is 0 Å². The monoisotopic (exact) mass is 284 g/mol. The van der Waals surface area contributed by atoms with Gasteiger partial charge in [0.05, 0.1) is 18.7 Å². The Balaban J connectivity index is 1.67. The fourth-order valence-electron chi connectivity index (χ4n) is 2.12. The smallest absolute Gasteiger partial charge is 0.228 e. The molecule has 0 spiro atoms. The van der Waals surface area contributed by atoms with Crippen molar-refractivity contribution >= 4 is 11.6 Å². The average Bonchev–Trinajstić information content (AvgIpc) is 3.04. The van der Waals surface area contributed by atoms with Crippen LogP contribution in [0.3, 0.4) is 0 Å². The lowest BCUT2D eigenvalue weighted by molar-refractivity contribution is -0.129. The molecule has 1 N–H and O–H groups in total. The Morgan fingerprint density at radius 2 is 2.24 bits per heavy atom. The molecule has 0 aromatic carbocycles. The van der Waals surface area contributed by atoms with Crippen LogP contribution < -0.4 is 0 Å². The van der Waals surface area contributed by atoms with Gasteiger partial charge >= 0.3 is 0 Å². The standard InChI is InChI=1S/C14H16N6O/c1-10-15-12(18-17-10)9-19(2)14(21)7-11-8-20-6-4-3-5-13(20)16-11/h3-6,8H,7,9H2,1-2H3,(H,15,17,18). The zero-order valence-corrected chi connectivity index (χ0v) is 11.9. The van der Waals surface area contributed by atoms with E-state index in [1.807, 2.05) is 41.9 Å². The maximum absolute atomic E-state index is 12.2. The van der Waals surface area contributed by atoms with Crippen molar-refractivity contribution in [2.24, 2.45) is 0 Å². The Kier molecular flexibility index (Phi) is 3.39. The molecule has 0 bridgehead atoms. The number of aryl methyl sites for hydroxylation is 1. The van der Waals surface area contributed by atoms with Crippen molar-refractivity contribution in [3.05, 3.63) is 47.9 Å². The van der Waals surface area contributed by atoms with Gasteiger partial charge in [-0.25, -0.2) is 9.97 Å². The largest absolute Gasteiger partial charge is 0.338 e. The molecule has 3 heterocycles. The second-order valence-corrected chi connectivity index (χ2v) is 4.96. The van der Waals surface area contributed by atoms with Crippen molar-refractivity contribution in [2.45, 2.75) is 19.9 Å². The lowest BCUT2D eigenvalue weighted by atomic mass is 10.3. The topological polar surface area (TPSA) is 79.2 Å². The van der Waals surface area contributed by atoms with Gasteiger partial charge in [0.2, 0.25) is 5.91 Å². The predicted octanol–water partition coefficient (Wildman–Crippen LogP) is 0.962. The van der Waals surface area contributed by atoms with E-state index < -0.39 is 0 Å². The van der Waals surface area contributed by atoms with Crippen LogP contribution in [0.5, 0.6) is 0 Å². The molecule has 7 nitrogen and oxygen atoms in total. The average molecular weight is 284 g/mol. The number of imidazole rings is 1. The molecule has 0 aliphatic carbocycles. The number of hydrogen-bond acceptors (Lipinski definition) is 4. The summed E-state index contributed by atoms with van der Waals surface area (Å²) in [4.78, 5) is 22.4. The summed E-state index contributed by atoms with van der Waals surface area (Å²) in [7, 11) is 1.74. The van der Waals surface area contributed by atoms with Crippen LogP contribution >= 0.6 is 0 Å². The molecule has 108 valence electrons. The summed E-state index contributed by atoms with van der Waals surface area (Å²) in [6, 6.07) is 5.76. The second kappa shape index (κ2) is 5.35. The highest BCUT2D eigenvalue weighted by atomic mass is 16.2. The number of carbonyl (C=O) groups is 1. The summed E-state index contributed by atoms with van der Waals surface area (Å²) < 4.78 is 1.90. The van der Waals surface area contributed by atoms with Gasteiger partial charge in [-0.1, -0.05) is 6.07 Å². The summed E-state index contributed by atoms with van der Waals surface area (Å²) in [5, 5.41) is 6.80. The van der Waals surface area contributed by atoms with Gasteiger partial charge in [0.25, 0.3) is 0 Å². The third kappa shape index (κ3) is 2.91. The first-order chi connectivity index (χ1) is 10.1. The fourth-order valence-corrected chi connectivity index (χ4v) is 2.12. The van der Waals surface area contributed by atoms with Crippen LogP contribution in [-0.4, -0.2) is 42.4 Å². The molecule has 0 saturated heterocycles. The van der Waals surface area contributed by atoms with Crippen LogP contribution in [0.15, 0.2) is 30.6 Å². The van der Waals surface area contributed by atoms with Gasteiger partial charge in [0, 0.05) is 19.4 Å². The molecule has 3 aromatic rings. The van der Waals surface area contributed by atoms with E-state index in [-0.39, 0.29) is 12.3 Å². The first kappa shape index (κ1) is 13.3. The number of carbonyl (C=O) groups excluding carboxylic acids is 1. The molecule has 0 aliphatic rings. The minimum absolute atomic E-state index is 0.0131. The molecule has 0 fully saturated rings. The lowest BCUT2D eigenvalue weighted by Gasteiger charge is -2.14. The van der Waals surface area contributed by atoms with Gasteiger partial charge in [-0.3, -0.25) is 9.89 Å². The van der Waals surface area contributed by atoms with E-state index in [0.717, 1.165) is 17.2 Å². The number of pyridine rings is 1. The van der Waals surface area contributed by atoms with Crippen LogP contribution in [0.25, 0.3) is 5.65 Å². The molecule has 7 heteroatoms. The molecule has 0 radical (unpaired) electrons. The molecule has 1 amide bonds. The second-order valence-electron chi connectivity index (χ2n) is 4.96. The normalized spacial score (nSPS) is 11.0. The van der Waals surface area contributed by atoms with Gasteiger partial charge in [0.1, 0.15) is 11.5 Å². The van der Waals surface area contributed by atoms with E-state index in [1.165, 1.54) is 0 Å². The Hall–Kier alpha value is -2.70. The number of hydrogen-bond donors (Lipinski definition) is 1. The molecule has 0 saturated carbocycles. The predicted molar refractivity (Wildman–Crippen MR) is 76.5 cm³/mol. The quantitative estimate of drug-likeness (QED) is 0.774. The van der Waals surface area contributed by atoms with Gasteiger partial charge in [-0.05, 0) is 19.1 Å². The van der Waals surface area contributed by atoms with Crippen molar-refractivity contribution in [3.63, 3.8) is 0 Å². The Labute approximate surface area is 121 Å². The fraction of sp³-hybridized carbons (Fsp3) is 0.286. The third-order valence-electron chi connectivity index (χ3n) is 3.19. The number of aromatic amines is 1. The highest BCUT2D eigenvalue weighted by Crippen LogP contribution is 2.07. The molecular formula is C14H16N6O. The number of H-pyrrole nitrogens is 1. The number of rotatable bonds is 4. The van der Waals surface area contributed by atoms with Crippen LogP contribution in [0.4, 0.5) is 0 Å². The van der Waals surface area contributed by atoms with Crippen LogP contribution in [-0.2, 0) is 17.8 Å². The minimum Gasteiger partial charge on any atom is -0.338 e. The molecule has 0 unspecified atom stereocenters. The van der Waals surface area contributed by atoms with E-state index in [9.17, 15) is 4.79 Å². The maximum atomic E-state index is 12.2. The number of likely N-dealkylation sites (N-methyl/N-ethyl adjacent to an activating group) is 1. The summed E-state index contributed by atoms with van der Waals surface area (Å²) in [5.41, 5.74) is 1.59. The van der Waals surface area contributed by atoms with Gasteiger partial charge in [-0.15, -0.1) is 0 Å². The van der Waals surface area contributed by atoms with Crippen LogP contribution in [0, 0.1) is 6.92 Å². The molecule has 3 aromatic heterocycles. The summed E-state index contributed by atoms with van der Waals surface area (Å²) >= 11 is 0. The number of amides is 1. The summed E-state index contributed by atoms with van der Waals surface area (Å²) in [5.74, 6) is 1.34. The minimum atomic E-state index is -0.0131. The number of nitrogens with zero attached hydrogens (tertiary/aromatic N) is 5. The van der Waals surface area contributed by atoms with E-state index >= 15 is 0 Å². The van der Waals surface area contributed by atoms with E-state index in [2.05, 4.69) is 20.2 Å². The van der Waals surface area contributed by atoms with Crippen LogP contribution in [0.2, 0.25) is 0 Å². The highest BCUT2D eigenvalue weighted by Gasteiger charge is 2.14. The summed E-state index contributed by atoms with van der Waals surface area (Å²) in [6.07, 6.45) is 4.05. The zero-order valence-electron chi connectivity index (χ0n) is 11.9. The molecule has 0 atom stereocenters. The third-order valence-corrected chi connectivity index (χ3v) is 3.19. The Bertz CT molecular complexity index is 741. The molecule has 3 rings (SSSR count). The van der Waals surface area contributed by atoms with Crippen molar-refractivity contribution in [1.82, 2.24) is 29.5 Å². The van der Waals surface area contributed by atoms with Crippen molar-refractivity contribution in [2.75, 3.05) is 7.05 Å². The highest BCUT2D eigenvalue weighted by molar-refractivity contribution is 5.78. The van der Waals surface area contributed by atoms with Crippen molar-refractivity contribution in [3.8, 4) is 0 Å². The van der Waals surface area contributed by atoms with E-state index in [1.54, 1.807) is 11.9 Å². The molecule has 0 aliphatic heterocycles. The Morgan fingerprint density at radius 3 is 2.95 bits per heavy atom. The van der Waals surface area contributed by atoms with Crippen LogP contribution in [0.1, 0.15) is 17.3 Å². The zero-order chi connectivity index (χ0) is 14.8. The van der Waals surface area contributed by atoms with Crippen molar-refractivity contribution in [1.29, 1.82) is 0 Å². The Morgan fingerprint density at radius 1 is 1.38 bits per heavy atom. The van der Waals surface area contributed by atoms with Crippen molar-refractivity contribution < 1.29 is 4.79 Å². The molecular weight excluding hydrogens is 268 g/mol. The number of nitrogens with one attached hydrogen (secondary N) is 1. The van der Waals surface area contributed by atoms with Gasteiger partial charge in [0.15, 0.2) is 5.82 Å². The van der Waals surface area contributed by atoms with Gasteiger partial charge in [-0.2, -0.15) is 5.10 Å². The summed E-state index contributed by atoms with van der Waals surface area (Å²) in [6.45, 7) is 2.21. The van der Waals surface area contributed by atoms with Gasteiger partial charge < -0.3 is 9.30 Å². The number of fused-ring (bicyclic) bond motifs is 1.